The Morgan fingerprint density at radius 1 is 1.39 bits per heavy atom. The average molecular weight is 316 g/mol. The Hall–Kier alpha value is -3.36. The highest BCUT2D eigenvalue weighted by Crippen LogP contribution is 2.37. The number of nitro groups is 1. The second-order valence-corrected chi connectivity index (χ2v) is 4.48. The maximum absolute atomic E-state index is 10.6. The summed E-state index contributed by atoms with van der Waals surface area (Å²) in [5.74, 6) is 2.19. The van der Waals surface area contributed by atoms with Gasteiger partial charge in [0.1, 0.15) is 17.8 Å². The van der Waals surface area contributed by atoms with E-state index in [1.54, 1.807) is 19.2 Å². The fourth-order valence-corrected chi connectivity index (χ4v) is 1.94. The van der Waals surface area contributed by atoms with E-state index in [4.69, 9.17) is 14.2 Å². The Morgan fingerprint density at radius 2 is 2.17 bits per heavy atom. The zero-order valence-electron chi connectivity index (χ0n) is 12.1. The molecule has 1 N–H and O–H groups in total. The molecule has 1 aromatic carbocycles. The van der Waals surface area contributed by atoms with E-state index in [2.05, 4.69) is 15.5 Å². The van der Waals surface area contributed by atoms with E-state index in [0.29, 0.717) is 28.6 Å². The van der Waals surface area contributed by atoms with Gasteiger partial charge < -0.3 is 14.2 Å². The summed E-state index contributed by atoms with van der Waals surface area (Å²) in [7, 11) is 1.54. The number of hydrogen-bond donors (Lipinski definition) is 1. The van der Waals surface area contributed by atoms with Gasteiger partial charge in [-0.25, -0.2) is 4.98 Å². The van der Waals surface area contributed by atoms with Gasteiger partial charge in [0.15, 0.2) is 11.5 Å². The number of methoxy groups -OCH3 is 1. The first-order valence-corrected chi connectivity index (χ1v) is 6.54. The molecule has 2 aromatic rings. The van der Waals surface area contributed by atoms with Crippen LogP contribution in [0.1, 0.15) is 5.56 Å². The van der Waals surface area contributed by atoms with Crippen LogP contribution in [0.5, 0.6) is 17.2 Å². The second kappa shape index (κ2) is 6.18. The Morgan fingerprint density at radius 3 is 2.83 bits per heavy atom. The quantitative estimate of drug-likeness (QED) is 0.511. The molecule has 0 saturated carbocycles. The van der Waals surface area contributed by atoms with Crippen LogP contribution >= 0.6 is 0 Å². The van der Waals surface area contributed by atoms with Gasteiger partial charge in [-0.15, -0.1) is 0 Å². The number of fused-ring (bicyclic) bond motifs is 1. The predicted molar refractivity (Wildman–Crippen MR) is 81.2 cm³/mol. The number of hydrazone groups is 1. The Kier molecular flexibility index (Phi) is 3.91. The van der Waals surface area contributed by atoms with Gasteiger partial charge in [0.25, 0.3) is 5.69 Å². The van der Waals surface area contributed by atoms with Crippen molar-refractivity contribution in [2.24, 2.45) is 5.10 Å². The fourth-order valence-electron chi connectivity index (χ4n) is 1.94. The smallest absolute Gasteiger partial charge is 0.287 e. The van der Waals surface area contributed by atoms with E-state index in [9.17, 15) is 10.1 Å². The van der Waals surface area contributed by atoms with Gasteiger partial charge in [-0.3, -0.25) is 15.5 Å². The van der Waals surface area contributed by atoms with Crippen LogP contribution in [0, 0.1) is 10.1 Å². The molecule has 0 saturated heterocycles. The van der Waals surface area contributed by atoms with Crippen molar-refractivity contribution >= 4 is 17.7 Å². The predicted octanol–water partition coefficient (Wildman–Crippen LogP) is 2.17. The third kappa shape index (κ3) is 3.12. The number of hydrogen-bond acceptors (Lipinski definition) is 8. The molecule has 0 spiro atoms. The van der Waals surface area contributed by atoms with E-state index >= 15 is 0 Å². The van der Waals surface area contributed by atoms with Crippen LogP contribution in [0.2, 0.25) is 0 Å². The van der Waals surface area contributed by atoms with E-state index in [-0.39, 0.29) is 12.5 Å². The molecule has 0 amide bonds. The largest absolute Gasteiger partial charge is 0.496 e. The molecule has 0 fully saturated rings. The van der Waals surface area contributed by atoms with Crippen molar-refractivity contribution < 1.29 is 19.1 Å². The minimum atomic E-state index is -0.516. The summed E-state index contributed by atoms with van der Waals surface area (Å²) in [5, 5.41) is 14.6. The lowest BCUT2D eigenvalue weighted by molar-refractivity contribution is -0.385. The molecular formula is C14H12N4O5. The first-order valence-electron chi connectivity index (χ1n) is 6.54. The van der Waals surface area contributed by atoms with Crippen molar-refractivity contribution in [1.29, 1.82) is 0 Å². The lowest BCUT2D eigenvalue weighted by Gasteiger charge is -2.06. The summed E-state index contributed by atoms with van der Waals surface area (Å²) in [5.41, 5.74) is 3.29. The number of ether oxygens (including phenoxy) is 3. The van der Waals surface area contributed by atoms with E-state index in [1.807, 2.05) is 0 Å². The average Bonchev–Trinajstić information content (AvgIpc) is 3.01. The van der Waals surface area contributed by atoms with Crippen molar-refractivity contribution in [2.75, 3.05) is 19.3 Å². The molecule has 1 aromatic heterocycles. The Bertz CT molecular complexity index is 761. The molecule has 3 rings (SSSR count). The van der Waals surface area contributed by atoms with Crippen molar-refractivity contribution in [3.8, 4) is 17.2 Å². The zero-order valence-corrected chi connectivity index (χ0v) is 12.1. The monoisotopic (exact) mass is 316 g/mol. The number of anilines is 1. The van der Waals surface area contributed by atoms with Crippen LogP contribution in [0.3, 0.4) is 0 Å². The van der Waals surface area contributed by atoms with Gasteiger partial charge in [0.05, 0.1) is 18.2 Å². The summed E-state index contributed by atoms with van der Waals surface area (Å²) in [6.45, 7) is 0.171. The third-order valence-electron chi connectivity index (χ3n) is 3.07. The minimum absolute atomic E-state index is 0.0861. The van der Waals surface area contributed by atoms with Crippen molar-refractivity contribution in [2.45, 2.75) is 0 Å². The summed E-state index contributed by atoms with van der Waals surface area (Å²) >= 11 is 0. The molecule has 9 nitrogen and oxygen atoms in total. The molecule has 0 atom stereocenters. The first-order chi connectivity index (χ1) is 11.2. The fraction of sp³-hybridized carbons (Fsp3) is 0.143. The van der Waals surface area contributed by atoms with Crippen LogP contribution in [0.4, 0.5) is 11.5 Å². The number of rotatable bonds is 5. The summed E-state index contributed by atoms with van der Waals surface area (Å²) in [4.78, 5) is 13.9. The molecule has 0 unspecified atom stereocenters. The van der Waals surface area contributed by atoms with E-state index in [0.717, 1.165) is 6.20 Å². The molecule has 0 bridgehead atoms. The number of benzene rings is 1. The topological polar surface area (TPSA) is 108 Å². The summed E-state index contributed by atoms with van der Waals surface area (Å²) in [6.07, 6.45) is 2.68. The molecule has 1 aliphatic heterocycles. The highest BCUT2D eigenvalue weighted by molar-refractivity contribution is 5.85. The van der Waals surface area contributed by atoms with Crippen LogP contribution in [0.25, 0.3) is 0 Å². The standard InChI is InChI=1S/C14H12N4O5/c1-21-11-5-13-12(22-8-23-13)4-9(11)6-16-17-14-3-2-10(7-15-14)18(19)20/h2-7H,8H2,1H3,(H,15,17)/b16-6-. The lowest BCUT2D eigenvalue weighted by Crippen LogP contribution is -1.96. The number of nitrogens with zero attached hydrogens (tertiary/aromatic N) is 3. The van der Waals surface area contributed by atoms with Gasteiger partial charge in [-0.2, -0.15) is 5.10 Å². The number of aromatic nitrogens is 1. The second-order valence-electron chi connectivity index (χ2n) is 4.48. The minimum Gasteiger partial charge on any atom is -0.496 e. The Balaban J connectivity index is 1.74. The van der Waals surface area contributed by atoms with Crippen LogP contribution in [-0.4, -0.2) is 30.0 Å². The molecule has 23 heavy (non-hydrogen) atoms. The number of nitrogens with one attached hydrogen (secondary N) is 1. The summed E-state index contributed by atoms with van der Waals surface area (Å²) < 4.78 is 15.8. The van der Waals surface area contributed by atoms with Crippen LogP contribution in [0.15, 0.2) is 35.6 Å². The van der Waals surface area contributed by atoms with Crippen molar-refractivity contribution in [1.82, 2.24) is 4.98 Å². The van der Waals surface area contributed by atoms with Gasteiger partial charge >= 0.3 is 0 Å². The highest BCUT2D eigenvalue weighted by atomic mass is 16.7. The molecule has 0 aliphatic carbocycles. The molecule has 1 aliphatic rings. The maximum Gasteiger partial charge on any atom is 0.287 e. The van der Waals surface area contributed by atoms with Gasteiger partial charge in [-0.05, 0) is 12.1 Å². The van der Waals surface area contributed by atoms with Gasteiger partial charge in [0, 0.05) is 17.7 Å². The summed E-state index contributed by atoms with van der Waals surface area (Å²) in [6, 6.07) is 6.27. The Labute approximate surface area is 130 Å². The molecule has 2 heterocycles. The molecule has 118 valence electrons. The first kappa shape index (κ1) is 14.6. The zero-order chi connectivity index (χ0) is 16.2. The highest BCUT2D eigenvalue weighted by Gasteiger charge is 2.16. The van der Waals surface area contributed by atoms with E-state index < -0.39 is 4.92 Å². The number of pyridine rings is 1. The van der Waals surface area contributed by atoms with Crippen molar-refractivity contribution in [3.05, 3.63) is 46.1 Å². The molecule has 9 heteroatoms. The normalized spacial score (nSPS) is 12.4. The van der Waals surface area contributed by atoms with E-state index in [1.165, 1.54) is 18.3 Å². The lowest BCUT2D eigenvalue weighted by atomic mass is 10.2. The van der Waals surface area contributed by atoms with Gasteiger partial charge in [-0.1, -0.05) is 0 Å². The molecule has 0 radical (unpaired) electrons. The maximum atomic E-state index is 10.6. The molecular weight excluding hydrogens is 304 g/mol. The van der Waals surface area contributed by atoms with Gasteiger partial charge in [0.2, 0.25) is 6.79 Å². The van der Waals surface area contributed by atoms with Crippen LogP contribution < -0.4 is 19.6 Å². The van der Waals surface area contributed by atoms with Crippen LogP contribution in [-0.2, 0) is 0 Å². The SMILES string of the molecule is COc1cc2c(cc1/C=N\Nc1ccc([N+](=O)[O-])cn1)OCO2. The third-order valence-corrected chi connectivity index (χ3v) is 3.07. The van der Waals surface area contributed by atoms with Crippen molar-refractivity contribution in [3.63, 3.8) is 0 Å².